The van der Waals surface area contributed by atoms with Crippen LogP contribution in [0.3, 0.4) is 0 Å². The zero-order valence-electron chi connectivity index (χ0n) is 28.9. The lowest BCUT2D eigenvalue weighted by molar-refractivity contribution is -0.137. The minimum atomic E-state index is -4.66. The van der Waals surface area contributed by atoms with Gasteiger partial charge in [0.15, 0.2) is 0 Å². The molecule has 0 amide bonds. The summed E-state index contributed by atoms with van der Waals surface area (Å²) in [6, 6.07) is 12.9. The fraction of sp³-hybridized carbons (Fsp3) is 0.541. The van der Waals surface area contributed by atoms with E-state index in [9.17, 15) is 18.0 Å². The minimum Gasteiger partial charge on any atom is -0.494 e. The van der Waals surface area contributed by atoms with E-state index >= 15 is 0 Å². The van der Waals surface area contributed by atoms with Gasteiger partial charge in [-0.25, -0.2) is 4.98 Å². The summed E-state index contributed by atoms with van der Waals surface area (Å²) in [4.78, 5) is 28.1. The molecule has 49 heavy (non-hydrogen) atoms. The first-order valence-electron chi connectivity index (χ1n) is 17.4. The smallest absolute Gasteiger partial charge is 0.421 e. The molecule has 0 radical (unpaired) electrons. The van der Waals surface area contributed by atoms with E-state index in [1.807, 2.05) is 43.3 Å². The number of benzene rings is 2. The van der Waals surface area contributed by atoms with Gasteiger partial charge < -0.3 is 30.1 Å². The molecular weight excluding hydrogens is 631 g/mol. The summed E-state index contributed by atoms with van der Waals surface area (Å²) < 4.78 is 47.9. The summed E-state index contributed by atoms with van der Waals surface area (Å²) in [5, 5.41) is 5.98. The Kier molecular flexibility index (Phi) is 10.6. The number of ketones is 1. The Morgan fingerprint density at radius 3 is 2.47 bits per heavy atom. The fourth-order valence-corrected chi connectivity index (χ4v) is 7.76. The summed E-state index contributed by atoms with van der Waals surface area (Å²) in [5.74, 6) is 0.505. The molecule has 1 aliphatic carbocycles. The lowest BCUT2D eigenvalue weighted by Crippen LogP contribution is -2.50. The van der Waals surface area contributed by atoms with Crippen molar-refractivity contribution in [1.29, 1.82) is 0 Å². The van der Waals surface area contributed by atoms with E-state index in [-0.39, 0.29) is 36.4 Å². The molecule has 2 fully saturated rings. The number of piperidine rings is 2. The standard InChI is InChI=1S/C37H48F3N7O2/c1-5-24-19-29(48)21-31-25(7-6-8-30(24)31)22-41-35-32(37(38,39)40)23-42-36(44-35)43-33-10-9-28(20-34(33)49-4)47-17-13-27(14-18-47)46-15-11-26(12-16-46)45(2)3/h6-10,20,23-24,26-27H,5,11-19,21-22H2,1-4H3,(H2,41,42,43,44). The highest BCUT2D eigenvalue weighted by Crippen LogP contribution is 2.38. The van der Waals surface area contributed by atoms with Gasteiger partial charge in [0, 0.05) is 62.5 Å². The van der Waals surface area contributed by atoms with Crippen LogP contribution in [0.4, 0.5) is 36.3 Å². The molecule has 3 heterocycles. The third-order valence-electron chi connectivity index (χ3n) is 10.6. The summed E-state index contributed by atoms with van der Waals surface area (Å²) in [7, 11) is 5.91. The predicted molar refractivity (Wildman–Crippen MR) is 187 cm³/mol. The van der Waals surface area contributed by atoms with Crippen LogP contribution >= 0.6 is 0 Å². The normalized spacial score (nSPS) is 19.6. The van der Waals surface area contributed by atoms with Crippen LogP contribution in [-0.2, 0) is 23.9 Å². The molecule has 6 rings (SSSR count). The Labute approximate surface area is 287 Å². The van der Waals surface area contributed by atoms with E-state index in [0.29, 0.717) is 29.9 Å². The molecule has 2 aliphatic heterocycles. The van der Waals surface area contributed by atoms with Crippen molar-refractivity contribution in [3.8, 4) is 5.75 Å². The number of likely N-dealkylation sites (tertiary alicyclic amines) is 1. The number of carbonyl (C=O) groups excluding carboxylic acids is 1. The van der Waals surface area contributed by atoms with Crippen LogP contribution in [0.5, 0.6) is 5.75 Å². The number of anilines is 4. The van der Waals surface area contributed by atoms with Crippen molar-refractivity contribution >= 4 is 28.9 Å². The second-order valence-corrected chi connectivity index (χ2v) is 13.8. The number of rotatable bonds is 10. The van der Waals surface area contributed by atoms with Gasteiger partial charge in [0.1, 0.15) is 22.9 Å². The van der Waals surface area contributed by atoms with Gasteiger partial charge in [-0.2, -0.15) is 18.2 Å². The Hall–Kier alpha value is -3.90. The third-order valence-corrected chi connectivity index (χ3v) is 10.6. The van der Waals surface area contributed by atoms with Crippen molar-refractivity contribution in [2.75, 3.05) is 62.9 Å². The maximum absolute atomic E-state index is 14.1. The Balaban J connectivity index is 1.14. The second kappa shape index (κ2) is 14.9. The first-order chi connectivity index (χ1) is 23.5. The molecule has 12 heteroatoms. The Morgan fingerprint density at radius 1 is 1.04 bits per heavy atom. The fourth-order valence-electron chi connectivity index (χ4n) is 7.76. The van der Waals surface area contributed by atoms with Gasteiger partial charge in [-0.1, -0.05) is 25.1 Å². The van der Waals surface area contributed by atoms with Crippen molar-refractivity contribution in [2.45, 2.75) is 82.6 Å². The number of methoxy groups -OCH3 is 1. The Bertz CT molecular complexity index is 1620. The third kappa shape index (κ3) is 7.96. The number of alkyl halides is 3. The highest BCUT2D eigenvalue weighted by atomic mass is 19.4. The van der Waals surface area contributed by atoms with Crippen LogP contribution in [0.2, 0.25) is 0 Å². The van der Waals surface area contributed by atoms with E-state index in [4.69, 9.17) is 4.74 Å². The first kappa shape index (κ1) is 34.9. The maximum atomic E-state index is 14.1. The molecule has 1 aromatic heterocycles. The molecule has 9 nitrogen and oxygen atoms in total. The minimum absolute atomic E-state index is 0.0108. The molecule has 1 unspecified atom stereocenters. The van der Waals surface area contributed by atoms with Gasteiger partial charge in [0.05, 0.1) is 12.8 Å². The molecule has 1 atom stereocenters. The SMILES string of the molecule is CCC1CC(=O)Cc2c(CNc3nc(Nc4ccc(N5CCC(N6CCC(N(C)C)CC6)CC5)cc4OC)ncc3C(F)(F)F)cccc21. The van der Waals surface area contributed by atoms with Crippen LogP contribution in [0.15, 0.2) is 42.6 Å². The number of halogens is 3. The van der Waals surface area contributed by atoms with Gasteiger partial charge in [-0.05, 0) is 94.0 Å². The van der Waals surface area contributed by atoms with Gasteiger partial charge >= 0.3 is 6.18 Å². The van der Waals surface area contributed by atoms with Gasteiger partial charge in [0.25, 0.3) is 0 Å². The number of hydrogen-bond acceptors (Lipinski definition) is 9. The lowest BCUT2D eigenvalue weighted by Gasteiger charge is -2.43. The number of ether oxygens (including phenoxy) is 1. The zero-order chi connectivity index (χ0) is 34.7. The molecule has 2 N–H and O–H groups in total. The summed E-state index contributed by atoms with van der Waals surface area (Å²) in [6.45, 7) is 6.34. The number of fused-ring (bicyclic) bond motifs is 1. The average molecular weight is 680 g/mol. The van der Waals surface area contributed by atoms with E-state index in [1.165, 1.54) is 12.8 Å². The van der Waals surface area contributed by atoms with Gasteiger partial charge in [-0.3, -0.25) is 4.79 Å². The quantitative estimate of drug-likeness (QED) is 0.239. The number of carbonyl (C=O) groups is 1. The summed E-state index contributed by atoms with van der Waals surface area (Å²) >= 11 is 0. The molecule has 3 aromatic rings. The van der Waals surface area contributed by atoms with Gasteiger partial charge in [-0.15, -0.1) is 0 Å². The maximum Gasteiger partial charge on any atom is 0.421 e. The van der Waals surface area contributed by atoms with E-state index in [1.54, 1.807) is 7.11 Å². The summed E-state index contributed by atoms with van der Waals surface area (Å²) in [6.07, 6.45) is 2.39. The van der Waals surface area contributed by atoms with Crippen molar-refractivity contribution in [1.82, 2.24) is 19.8 Å². The van der Waals surface area contributed by atoms with E-state index < -0.39 is 11.7 Å². The van der Waals surface area contributed by atoms with Crippen molar-refractivity contribution in [2.24, 2.45) is 0 Å². The van der Waals surface area contributed by atoms with Crippen LogP contribution < -0.4 is 20.3 Å². The average Bonchev–Trinajstić information content (AvgIpc) is 3.10. The number of nitrogens with zero attached hydrogens (tertiary/aromatic N) is 5. The number of aromatic nitrogens is 2. The monoisotopic (exact) mass is 679 g/mol. The van der Waals surface area contributed by atoms with Crippen LogP contribution in [-0.4, -0.2) is 85.0 Å². The van der Waals surface area contributed by atoms with Crippen LogP contribution in [0.1, 0.15) is 73.6 Å². The van der Waals surface area contributed by atoms with E-state index in [0.717, 1.165) is 74.0 Å². The summed E-state index contributed by atoms with van der Waals surface area (Å²) in [5.41, 5.74) is 3.42. The van der Waals surface area contributed by atoms with Crippen LogP contribution in [0.25, 0.3) is 0 Å². The highest BCUT2D eigenvalue weighted by Gasteiger charge is 2.36. The lowest BCUT2D eigenvalue weighted by atomic mass is 9.79. The number of Topliss-reactive ketones (excluding diaryl/α,β-unsaturated/α-hetero) is 1. The van der Waals surface area contributed by atoms with E-state index in [2.05, 4.69) is 49.4 Å². The highest BCUT2D eigenvalue weighted by molar-refractivity contribution is 5.84. The van der Waals surface area contributed by atoms with Crippen LogP contribution in [0, 0.1) is 0 Å². The van der Waals surface area contributed by atoms with Crippen molar-refractivity contribution in [3.63, 3.8) is 0 Å². The molecular formula is C37H48F3N7O2. The molecule has 0 saturated carbocycles. The van der Waals surface area contributed by atoms with Gasteiger partial charge in [0.2, 0.25) is 5.95 Å². The zero-order valence-corrected chi connectivity index (χ0v) is 28.9. The van der Waals surface area contributed by atoms with Crippen molar-refractivity contribution < 1.29 is 22.7 Å². The molecule has 0 bridgehead atoms. The number of nitrogens with one attached hydrogen (secondary N) is 2. The molecule has 2 saturated heterocycles. The molecule has 2 aromatic carbocycles. The largest absolute Gasteiger partial charge is 0.494 e. The molecule has 264 valence electrons. The number of hydrogen-bond donors (Lipinski definition) is 2. The topological polar surface area (TPSA) is 85.9 Å². The predicted octanol–water partition coefficient (Wildman–Crippen LogP) is 6.86. The first-order valence-corrected chi connectivity index (χ1v) is 17.4. The van der Waals surface area contributed by atoms with Crippen molar-refractivity contribution in [3.05, 3.63) is 64.8 Å². The Morgan fingerprint density at radius 2 is 1.80 bits per heavy atom. The molecule has 3 aliphatic rings. The molecule has 0 spiro atoms. The second-order valence-electron chi connectivity index (χ2n) is 13.8.